The molecule has 0 fully saturated rings. The predicted octanol–water partition coefficient (Wildman–Crippen LogP) is 2.75. The Morgan fingerprint density at radius 3 is 2.72 bits per heavy atom. The van der Waals surface area contributed by atoms with Crippen LogP contribution in [0.2, 0.25) is 0 Å². The Morgan fingerprint density at radius 2 is 2.11 bits per heavy atom. The molecule has 1 aromatic heterocycles. The van der Waals surface area contributed by atoms with E-state index in [1.165, 1.54) is 0 Å². The molecule has 94 valence electrons. The lowest BCUT2D eigenvalue weighted by molar-refractivity contribution is 0.417. The van der Waals surface area contributed by atoms with Crippen molar-refractivity contribution in [2.75, 3.05) is 12.4 Å². The molecule has 2 rings (SSSR count). The van der Waals surface area contributed by atoms with Gasteiger partial charge in [-0.25, -0.2) is 4.68 Å². The molecule has 0 aliphatic carbocycles. The van der Waals surface area contributed by atoms with Crippen molar-refractivity contribution in [3.63, 3.8) is 0 Å². The van der Waals surface area contributed by atoms with E-state index in [9.17, 15) is 0 Å². The predicted molar refractivity (Wildman–Crippen MR) is 76.3 cm³/mol. The number of anilines is 1. The number of aromatic nitrogens is 2. The third-order valence-electron chi connectivity index (χ3n) is 2.52. The van der Waals surface area contributed by atoms with E-state index < -0.39 is 0 Å². The Bertz CT molecular complexity index is 577. The molecule has 0 amide bonds. The zero-order valence-corrected chi connectivity index (χ0v) is 11.4. The Kier molecular flexibility index (Phi) is 3.62. The molecule has 0 saturated heterocycles. The minimum atomic E-state index is 0.520. The number of benzene rings is 1. The summed E-state index contributed by atoms with van der Waals surface area (Å²) in [5.41, 5.74) is 3.05. The lowest BCUT2D eigenvalue weighted by Gasteiger charge is -2.12. The summed E-state index contributed by atoms with van der Waals surface area (Å²) in [4.78, 5) is 0. The average molecular weight is 261 g/mol. The maximum atomic E-state index is 5.30. The molecule has 0 unspecified atom stereocenters. The van der Waals surface area contributed by atoms with Crippen LogP contribution in [0.25, 0.3) is 0 Å². The number of hydrogen-bond donors (Lipinski definition) is 1. The maximum Gasteiger partial charge on any atom is 0.198 e. The molecule has 0 atom stereocenters. The summed E-state index contributed by atoms with van der Waals surface area (Å²) in [6.07, 6.45) is 3.64. The van der Waals surface area contributed by atoms with E-state index in [1.54, 1.807) is 18.0 Å². The number of nitrogens with zero attached hydrogens (tertiary/aromatic N) is 2. The van der Waals surface area contributed by atoms with E-state index in [4.69, 9.17) is 17.0 Å². The standard InChI is InChI=1S/C13H15N3OS/c1-9-4-5-12(17-3)11(6-9)15-13(18)16-8-10(2)7-14-16/h4-8H,1-3H3,(H,15,18). The quantitative estimate of drug-likeness (QED) is 0.844. The maximum absolute atomic E-state index is 5.30. The molecular formula is C13H15N3OS. The van der Waals surface area contributed by atoms with Crippen molar-refractivity contribution in [1.82, 2.24) is 9.78 Å². The van der Waals surface area contributed by atoms with Gasteiger partial charge in [-0.2, -0.15) is 5.10 Å². The highest BCUT2D eigenvalue weighted by Gasteiger charge is 2.07. The molecule has 2 aromatic rings. The van der Waals surface area contributed by atoms with Crippen LogP contribution in [0.5, 0.6) is 5.75 Å². The molecule has 0 bridgehead atoms. The van der Waals surface area contributed by atoms with E-state index in [1.807, 2.05) is 38.2 Å². The van der Waals surface area contributed by atoms with Gasteiger partial charge in [-0.15, -0.1) is 0 Å². The summed E-state index contributed by atoms with van der Waals surface area (Å²) >= 11 is 5.30. The van der Waals surface area contributed by atoms with Crippen LogP contribution in [0.4, 0.5) is 5.69 Å². The molecule has 1 heterocycles. The fourth-order valence-corrected chi connectivity index (χ4v) is 1.83. The highest BCUT2D eigenvalue weighted by molar-refractivity contribution is 7.80. The molecule has 0 spiro atoms. The molecule has 0 radical (unpaired) electrons. The number of aryl methyl sites for hydroxylation is 2. The molecule has 0 aliphatic rings. The van der Waals surface area contributed by atoms with Crippen LogP contribution in [0, 0.1) is 13.8 Å². The Hall–Kier alpha value is -1.88. The highest BCUT2D eigenvalue weighted by atomic mass is 32.1. The minimum Gasteiger partial charge on any atom is -0.495 e. The fraction of sp³-hybridized carbons (Fsp3) is 0.231. The number of ether oxygens (including phenoxy) is 1. The van der Waals surface area contributed by atoms with Gasteiger partial charge in [-0.1, -0.05) is 6.07 Å². The molecule has 18 heavy (non-hydrogen) atoms. The lowest BCUT2D eigenvalue weighted by Crippen LogP contribution is -2.19. The second-order valence-electron chi connectivity index (χ2n) is 4.10. The fourth-order valence-electron chi connectivity index (χ4n) is 1.62. The van der Waals surface area contributed by atoms with Gasteiger partial charge in [-0.05, 0) is 49.3 Å². The van der Waals surface area contributed by atoms with Gasteiger partial charge in [0.1, 0.15) is 5.75 Å². The summed E-state index contributed by atoms with van der Waals surface area (Å²) in [6.45, 7) is 3.99. The van der Waals surface area contributed by atoms with Crippen LogP contribution >= 0.6 is 12.2 Å². The van der Waals surface area contributed by atoms with E-state index >= 15 is 0 Å². The van der Waals surface area contributed by atoms with Crippen molar-refractivity contribution < 1.29 is 4.74 Å². The minimum absolute atomic E-state index is 0.520. The molecule has 0 aliphatic heterocycles. The normalized spacial score (nSPS) is 10.2. The molecule has 1 aromatic carbocycles. The molecule has 1 N–H and O–H groups in total. The molecule has 0 saturated carbocycles. The van der Waals surface area contributed by atoms with Crippen molar-refractivity contribution in [3.05, 3.63) is 41.7 Å². The number of hydrogen-bond acceptors (Lipinski definition) is 3. The van der Waals surface area contributed by atoms with Gasteiger partial charge in [0.15, 0.2) is 5.11 Å². The summed E-state index contributed by atoms with van der Waals surface area (Å²) < 4.78 is 6.92. The Morgan fingerprint density at radius 1 is 1.33 bits per heavy atom. The van der Waals surface area contributed by atoms with Gasteiger partial charge >= 0.3 is 0 Å². The Labute approximate surface area is 112 Å². The summed E-state index contributed by atoms with van der Waals surface area (Å²) in [5, 5.41) is 7.82. The number of methoxy groups -OCH3 is 1. The number of rotatable bonds is 2. The zero-order valence-electron chi connectivity index (χ0n) is 10.6. The second kappa shape index (κ2) is 5.18. The topological polar surface area (TPSA) is 39.1 Å². The molecule has 4 nitrogen and oxygen atoms in total. The van der Waals surface area contributed by atoms with Crippen molar-refractivity contribution in [3.8, 4) is 5.75 Å². The van der Waals surface area contributed by atoms with Gasteiger partial charge in [0.2, 0.25) is 0 Å². The van der Waals surface area contributed by atoms with Crippen LogP contribution < -0.4 is 10.1 Å². The van der Waals surface area contributed by atoms with Crippen molar-refractivity contribution in [2.45, 2.75) is 13.8 Å². The van der Waals surface area contributed by atoms with Crippen LogP contribution in [-0.4, -0.2) is 22.0 Å². The van der Waals surface area contributed by atoms with Gasteiger partial charge in [-0.3, -0.25) is 0 Å². The largest absolute Gasteiger partial charge is 0.495 e. The smallest absolute Gasteiger partial charge is 0.198 e. The van der Waals surface area contributed by atoms with Crippen molar-refractivity contribution in [1.29, 1.82) is 0 Å². The first-order valence-electron chi connectivity index (χ1n) is 5.57. The van der Waals surface area contributed by atoms with Crippen molar-refractivity contribution >= 4 is 23.0 Å². The van der Waals surface area contributed by atoms with Gasteiger partial charge in [0.25, 0.3) is 0 Å². The first-order chi connectivity index (χ1) is 8.60. The SMILES string of the molecule is COc1ccc(C)cc1NC(=S)n1cc(C)cn1. The van der Waals surface area contributed by atoms with Gasteiger partial charge in [0.05, 0.1) is 19.0 Å². The van der Waals surface area contributed by atoms with Gasteiger partial charge < -0.3 is 10.1 Å². The first kappa shape index (κ1) is 12.6. The molecule has 5 heteroatoms. The monoisotopic (exact) mass is 261 g/mol. The van der Waals surface area contributed by atoms with Crippen LogP contribution in [-0.2, 0) is 0 Å². The second-order valence-corrected chi connectivity index (χ2v) is 4.48. The van der Waals surface area contributed by atoms with E-state index in [0.29, 0.717) is 5.11 Å². The Balaban J connectivity index is 2.23. The van der Waals surface area contributed by atoms with E-state index in [0.717, 1.165) is 22.6 Å². The number of nitrogens with one attached hydrogen (secondary N) is 1. The average Bonchev–Trinajstić information content (AvgIpc) is 2.76. The van der Waals surface area contributed by atoms with E-state index in [-0.39, 0.29) is 0 Å². The third kappa shape index (κ3) is 2.68. The van der Waals surface area contributed by atoms with E-state index in [2.05, 4.69) is 10.4 Å². The summed E-state index contributed by atoms with van der Waals surface area (Å²) in [5.74, 6) is 0.756. The zero-order chi connectivity index (χ0) is 13.1. The number of thiocarbonyl (C=S) groups is 1. The van der Waals surface area contributed by atoms with Crippen LogP contribution in [0.1, 0.15) is 11.1 Å². The molecular weight excluding hydrogens is 246 g/mol. The summed E-state index contributed by atoms with van der Waals surface area (Å²) in [6, 6.07) is 5.89. The first-order valence-corrected chi connectivity index (χ1v) is 5.98. The van der Waals surface area contributed by atoms with Crippen LogP contribution in [0.3, 0.4) is 0 Å². The lowest BCUT2D eigenvalue weighted by atomic mass is 10.2. The summed E-state index contributed by atoms with van der Waals surface area (Å²) in [7, 11) is 1.64. The third-order valence-corrected chi connectivity index (χ3v) is 2.81. The van der Waals surface area contributed by atoms with Gasteiger partial charge in [0, 0.05) is 6.20 Å². The van der Waals surface area contributed by atoms with Crippen molar-refractivity contribution in [2.24, 2.45) is 0 Å². The van der Waals surface area contributed by atoms with Crippen LogP contribution in [0.15, 0.2) is 30.6 Å². The highest BCUT2D eigenvalue weighted by Crippen LogP contribution is 2.25.